The Labute approximate surface area is 334 Å². The van der Waals surface area contributed by atoms with Gasteiger partial charge in [0.25, 0.3) is 23.6 Å². The molecule has 0 aromatic rings. The normalized spacial score (nSPS) is 14.8. The molecule has 22 heteroatoms. The highest BCUT2D eigenvalue weighted by Crippen LogP contribution is 2.15. The fourth-order valence-electron chi connectivity index (χ4n) is 5.35. The number of amides is 10. The highest BCUT2D eigenvalue weighted by Gasteiger charge is 2.28. The van der Waals surface area contributed by atoms with Gasteiger partial charge in [0.2, 0.25) is 23.6 Å². The molecule has 6 N–H and O–H groups in total. The molecule has 0 aromatic heterocycles. The van der Waals surface area contributed by atoms with Gasteiger partial charge in [-0.15, -0.1) is 0 Å². The molecule has 2 heterocycles. The summed E-state index contributed by atoms with van der Waals surface area (Å²) in [6, 6.07) is 0. The number of carbonyl (C=O) groups is 11. The van der Waals surface area contributed by atoms with E-state index in [1.807, 2.05) is 0 Å². The van der Waals surface area contributed by atoms with Crippen molar-refractivity contribution in [3.05, 3.63) is 24.3 Å². The van der Waals surface area contributed by atoms with Crippen LogP contribution in [0.5, 0.6) is 0 Å². The van der Waals surface area contributed by atoms with Gasteiger partial charge in [0.1, 0.15) is 25.1 Å². The van der Waals surface area contributed by atoms with Crippen LogP contribution in [-0.4, -0.2) is 139 Å². The fraction of sp³-hybridized carbons (Fsp3) is 0.583. The fourth-order valence-corrected chi connectivity index (χ4v) is 5.35. The van der Waals surface area contributed by atoms with Gasteiger partial charge < -0.3 is 46.1 Å². The number of alkyl carbamates (subject to hydrolysis) is 2. The first-order valence-corrected chi connectivity index (χ1v) is 18.7. The molecule has 0 bridgehead atoms. The SMILES string of the molecule is CCNC(=O)OCC(COC(=O)NCC)OCCCC(=O)C(CC(=O)NC(C)NC(=O)CCN1C(=O)C=CC1=O)CC(=O)NC(C)NC(=O)CCN1C(=O)C=CC1=O. The molecule has 0 radical (unpaired) electrons. The van der Waals surface area contributed by atoms with Gasteiger partial charge in [-0.25, -0.2) is 9.59 Å². The number of hydrogen-bond donors (Lipinski definition) is 6. The molecule has 0 fully saturated rings. The highest BCUT2D eigenvalue weighted by molar-refractivity contribution is 6.13. The number of Topliss-reactive ketones (excluding diaryl/α,β-unsaturated/α-hetero) is 1. The van der Waals surface area contributed by atoms with E-state index in [0.717, 1.165) is 34.1 Å². The first-order chi connectivity index (χ1) is 27.5. The van der Waals surface area contributed by atoms with E-state index in [0.29, 0.717) is 13.1 Å². The van der Waals surface area contributed by atoms with Crippen LogP contribution in [0.1, 0.15) is 66.2 Å². The number of ketones is 1. The third-order valence-corrected chi connectivity index (χ3v) is 8.12. The quantitative estimate of drug-likeness (QED) is 0.0326. The van der Waals surface area contributed by atoms with Crippen molar-refractivity contribution < 1.29 is 67.0 Å². The van der Waals surface area contributed by atoms with E-state index in [1.54, 1.807) is 13.8 Å². The van der Waals surface area contributed by atoms with Crippen LogP contribution in [0.2, 0.25) is 0 Å². The maximum atomic E-state index is 13.4. The average Bonchev–Trinajstić information content (AvgIpc) is 3.65. The van der Waals surface area contributed by atoms with Crippen molar-refractivity contribution in [3.8, 4) is 0 Å². The molecule has 2 atom stereocenters. The Balaban J connectivity index is 1.99. The molecule has 22 nitrogen and oxygen atoms in total. The number of nitrogens with one attached hydrogen (secondary N) is 6. The van der Waals surface area contributed by atoms with E-state index in [4.69, 9.17) is 14.2 Å². The molecule has 0 aromatic carbocycles. The first-order valence-electron chi connectivity index (χ1n) is 18.7. The van der Waals surface area contributed by atoms with Crippen LogP contribution in [0.3, 0.4) is 0 Å². The third kappa shape index (κ3) is 18.2. The Kier molecular flexibility index (Phi) is 20.8. The van der Waals surface area contributed by atoms with Crippen molar-refractivity contribution in [2.45, 2.75) is 84.7 Å². The monoisotopic (exact) mass is 820 g/mol. The Morgan fingerprint density at radius 3 is 1.34 bits per heavy atom. The summed E-state index contributed by atoms with van der Waals surface area (Å²) >= 11 is 0. The molecule has 0 aliphatic carbocycles. The van der Waals surface area contributed by atoms with Crippen molar-refractivity contribution in [2.24, 2.45) is 5.92 Å². The second kappa shape index (κ2) is 25.1. The van der Waals surface area contributed by atoms with Gasteiger partial charge in [0.05, 0.1) is 12.3 Å². The maximum Gasteiger partial charge on any atom is 0.407 e. The number of nitrogens with zero attached hydrogens (tertiary/aromatic N) is 2. The lowest BCUT2D eigenvalue weighted by Gasteiger charge is -2.21. The predicted molar refractivity (Wildman–Crippen MR) is 199 cm³/mol. The number of imide groups is 2. The molecule has 2 unspecified atom stereocenters. The molecule has 2 rings (SSSR count). The van der Waals surface area contributed by atoms with E-state index in [2.05, 4.69) is 31.9 Å². The minimum atomic E-state index is -1.18. The summed E-state index contributed by atoms with van der Waals surface area (Å²) < 4.78 is 15.9. The summed E-state index contributed by atoms with van der Waals surface area (Å²) in [5, 5.41) is 15.0. The minimum absolute atomic E-state index is 0.0689. The van der Waals surface area contributed by atoms with Crippen LogP contribution in [0.4, 0.5) is 9.59 Å². The van der Waals surface area contributed by atoms with E-state index in [1.165, 1.54) is 13.8 Å². The number of ether oxygens (including phenoxy) is 3. The summed E-state index contributed by atoms with van der Waals surface area (Å²) in [5.41, 5.74) is 0. The van der Waals surface area contributed by atoms with Gasteiger partial charge in [-0.05, 0) is 34.1 Å². The molecular weight excluding hydrogens is 768 g/mol. The zero-order valence-corrected chi connectivity index (χ0v) is 32.9. The topological polar surface area (TPSA) is 294 Å². The van der Waals surface area contributed by atoms with Gasteiger partial charge >= 0.3 is 12.2 Å². The second-order valence-corrected chi connectivity index (χ2v) is 13.0. The van der Waals surface area contributed by atoms with Crippen molar-refractivity contribution in [2.75, 3.05) is 46.0 Å². The van der Waals surface area contributed by atoms with E-state index >= 15 is 0 Å². The predicted octanol–water partition coefficient (Wildman–Crippen LogP) is -1.60. The minimum Gasteiger partial charge on any atom is -0.447 e. The molecule has 58 heavy (non-hydrogen) atoms. The van der Waals surface area contributed by atoms with Gasteiger partial charge in [-0.3, -0.25) is 53.0 Å². The molecular formula is C36H52N8O14. The van der Waals surface area contributed by atoms with Crippen molar-refractivity contribution in [1.29, 1.82) is 0 Å². The van der Waals surface area contributed by atoms with Crippen LogP contribution in [0.25, 0.3) is 0 Å². The Morgan fingerprint density at radius 2 is 0.966 bits per heavy atom. The smallest absolute Gasteiger partial charge is 0.407 e. The average molecular weight is 821 g/mol. The van der Waals surface area contributed by atoms with Gasteiger partial charge in [0.15, 0.2) is 0 Å². The molecule has 0 spiro atoms. The molecule has 2 aliphatic rings. The Hall–Kier alpha value is -6.19. The summed E-state index contributed by atoms with van der Waals surface area (Å²) in [4.78, 5) is 137. The number of rotatable bonds is 26. The number of carbonyl (C=O) groups excluding carboxylic acids is 11. The summed E-state index contributed by atoms with van der Waals surface area (Å²) in [6.07, 6.45) is -1.39. The molecule has 0 saturated carbocycles. The lowest BCUT2D eigenvalue weighted by molar-refractivity contribution is -0.139. The second-order valence-electron chi connectivity index (χ2n) is 13.0. The molecule has 0 saturated heterocycles. The van der Waals surface area contributed by atoms with E-state index < -0.39 is 102 Å². The summed E-state index contributed by atoms with van der Waals surface area (Å²) in [7, 11) is 0. The van der Waals surface area contributed by atoms with E-state index in [9.17, 15) is 52.7 Å². The van der Waals surface area contributed by atoms with Crippen LogP contribution in [0.15, 0.2) is 24.3 Å². The van der Waals surface area contributed by atoms with Crippen LogP contribution >= 0.6 is 0 Å². The lowest BCUT2D eigenvalue weighted by atomic mass is 9.92. The zero-order valence-electron chi connectivity index (χ0n) is 32.9. The van der Waals surface area contributed by atoms with Crippen molar-refractivity contribution in [1.82, 2.24) is 41.7 Å². The van der Waals surface area contributed by atoms with Crippen LogP contribution in [0, 0.1) is 5.92 Å². The van der Waals surface area contributed by atoms with Gasteiger partial charge in [-0.2, -0.15) is 0 Å². The largest absolute Gasteiger partial charge is 0.447 e. The van der Waals surface area contributed by atoms with Crippen LogP contribution in [-0.2, 0) is 57.4 Å². The summed E-state index contributed by atoms with van der Waals surface area (Å²) in [6.45, 7) is 5.93. The standard InChI is InChI=1S/C36H52N8O14/c1-5-37-35(54)57-20-25(21-58-36(55)38-6-2)56-17-7-8-26(45)24(18-29(48)41-22(3)39-27(46)13-15-43-31(50)9-10-32(43)51)19-30(49)42-23(4)40-28(47)14-16-44-33(52)11-12-34(44)53/h9-12,22-25H,5-8,13-21H2,1-4H3,(H,37,54)(H,38,55)(H,39,46)(H,40,47)(H,41,48)(H,42,49). The van der Waals surface area contributed by atoms with E-state index in [-0.39, 0.29) is 58.6 Å². The van der Waals surface area contributed by atoms with Gasteiger partial charge in [-0.1, -0.05) is 0 Å². The van der Waals surface area contributed by atoms with Crippen molar-refractivity contribution >= 4 is 65.2 Å². The first kappa shape index (κ1) is 48.0. The third-order valence-electron chi connectivity index (χ3n) is 8.12. The summed E-state index contributed by atoms with van der Waals surface area (Å²) in [5.74, 6) is -6.44. The molecule has 2 aliphatic heterocycles. The Morgan fingerprint density at radius 1 is 0.586 bits per heavy atom. The number of hydrogen-bond acceptors (Lipinski definition) is 14. The van der Waals surface area contributed by atoms with Crippen molar-refractivity contribution in [3.63, 3.8) is 0 Å². The van der Waals surface area contributed by atoms with Crippen LogP contribution < -0.4 is 31.9 Å². The highest BCUT2D eigenvalue weighted by atomic mass is 16.6. The molecule has 320 valence electrons. The lowest BCUT2D eigenvalue weighted by Crippen LogP contribution is -2.48. The Bertz CT molecular complexity index is 1480. The zero-order chi connectivity index (χ0) is 43.2. The van der Waals surface area contributed by atoms with Gasteiger partial charge in [0, 0.05) is 95.1 Å². The maximum absolute atomic E-state index is 13.4. The molecule has 10 amide bonds.